The number of aromatic nitrogens is 3. The normalized spacial score (nSPS) is 13.4. The number of hydrogen-bond donors (Lipinski definition) is 2. The monoisotopic (exact) mass is 320 g/mol. The first-order valence-corrected chi connectivity index (χ1v) is 7.01. The molecule has 1 aromatic carbocycles. The van der Waals surface area contributed by atoms with E-state index in [2.05, 4.69) is 15.2 Å². The van der Waals surface area contributed by atoms with Crippen molar-refractivity contribution in [1.29, 1.82) is 0 Å². The summed E-state index contributed by atoms with van der Waals surface area (Å²) in [5.41, 5.74) is -0.134. The third-order valence-electron chi connectivity index (χ3n) is 2.76. The number of benzene rings is 1. The van der Waals surface area contributed by atoms with E-state index >= 15 is 0 Å². The lowest BCUT2D eigenvalue weighted by molar-refractivity contribution is -0.165. The Morgan fingerprint density at radius 2 is 1.82 bits per heavy atom. The Morgan fingerprint density at radius 1 is 1.18 bits per heavy atom. The Bertz CT molecular complexity index is 792. The summed E-state index contributed by atoms with van der Waals surface area (Å²) < 4.78 is 0. The highest BCUT2D eigenvalue weighted by Gasteiger charge is 2.38. The number of carbonyl (C=O) groups is 3. The van der Waals surface area contributed by atoms with Gasteiger partial charge in [0.15, 0.2) is 5.16 Å². The van der Waals surface area contributed by atoms with Crippen molar-refractivity contribution < 1.29 is 19.2 Å². The first-order valence-electron chi connectivity index (χ1n) is 6.02. The fraction of sp³-hybridized carbons (Fsp3) is 0.0833. The van der Waals surface area contributed by atoms with Gasteiger partial charge in [0.05, 0.1) is 11.1 Å². The maximum Gasteiger partial charge on any atom is 0.343 e. The molecule has 0 saturated heterocycles. The molecular formula is C12H8N4O5S. The number of H-pyrrole nitrogens is 2. The molecule has 2 heterocycles. The second kappa shape index (κ2) is 5.48. The Morgan fingerprint density at radius 3 is 2.36 bits per heavy atom. The van der Waals surface area contributed by atoms with Crippen LogP contribution in [0.4, 0.5) is 0 Å². The summed E-state index contributed by atoms with van der Waals surface area (Å²) >= 11 is 0.897. The number of rotatable bonds is 4. The van der Waals surface area contributed by atoms with Crippen LogP contribution in [-0.4, -0.2) is 43.8 Å². The zero-order valence-electron chi connectivity index (χ0n) is 10.9. The van der Waals surface area contributed by atoms with Crippen molar-refractivity contribution in [2.24, 2.45) is 0 Å². The molecule has 9 nitrogen and oxygen atoms in total. The Balaban J connectivity index is 1.64. The number of thioether (sulfide) groups is 1. The zero-order chi connectivity index (χ0) is 15.7. The van der Waals surface area contributed by atoms with E-state index in [9.17, 15) is 19.2 Å². The standard InChI is InChI=1S/C12H8N4O5S/c17-8(5-22-12-13-11(20)14-15-12)21-16-9(18)6-3-1-2-4-7(6)10(16)19/h1-4H,5H2,(H2,13,14,15,20). The van der Waals surface area contributed by atoms with Crippen LogP contribution < -0.4 is 5.69 Å². The maximum atomic E-state index is 12.0. The highest BCUT2D eigenvalue weighted by molar-refractivity contribution is 7.99. The highest BCUT2D eigenvalue weighted by atomic mass is 32.2. The fourth-order valence-electron chi connectivity index (χ4n) is 1.83. The second-order valence-corrected chi connectivity index (χ2v) is 5.15. The van der Waals surface area contributed by atoms with Gasteiger partial charge >= 0.3 is 11.7 Å². The van der Waals surface area contributed by atoms with Crippen LogP contribution >= 0.6 is 11.8 Å². The summed E-state index contributed by atoms with van der Waals surface area (Å²) in [7, 11) is 0. The van der Waals surface area contributed by atoms with E-state index in [-0.39, 0.29) is 22.0 Å². The van der Waals surface area contributed by atoms with E-state index < -0.39 is 23.5 Å². The van der Waals surface area contributed by atoms with Gasteiger partial charge in [-0.1, -0.05) is 29.0 Å². The molecule has 3 rings (SSSR count). The minimum absolute atomic E-state index is 0.185. The van der Waals surface area contributed by atoms with Crippen LogP contribution in [0.5, 0.6) is 0 Å². The summed E-state index contributed by atoms with van der Waals surface area (Å²) in [5.74, 6) is -2.42. The lowest BCUT2D eigenvalue weighted by atomic mass is 10.1. The van der Waals surface area contributed by atoms with Crippen LogP contribution in [0.25, 0.3) is 0 Å². The molecule has 10 heteroatoms. The van der Waals surface area contributed by atoms with Crippen molar-refractivity contribution in [3.63, 3.8) is 0 Å². The number of fused-ring (bicyclic) bond motifs is 1. The number of hydrogen-bond acceptors (Lipinski definition) is 7. The van der Waals surface area contributed by atoms with Crippen molar-refractivity contribution in [3.05, 3.63) is 45.9 Å². The van der Waals surface area contributed by atoms with Crippen molar-refractivity contribution in [2.45, 2.75) is 5.16 Å². The molecule has 2 amide bonds. The molecule has 0 saturated carbocycles. The van der Waals surface area contributed by atoms with Crippen molar-refractivity contribution in [3.8, 4) is 0 Å². The average Bonchev–Trinajstić information content (AvgIpc) is 3.03. The van der Waals surface area contributed by atoms with Gasteiger partial charge in [-0.15, -0.1) is 5.10 Å². The van der Waals surface area contributed by atoms with Gasteiger partial charge in [-0.25, -0.2) is 14.7 Å². The van der Waals surface area contributed by atoms with Crippen molar-refractivity contribution in [2.75, 3.05) is 5.75 Å². The summed E-state index contributed by atoms with van der Waals surface area (Å²) in [6.45, 7) is 0. The number of nitrogens with zero attached hydrogens (tertiary/aromatic N) is 2. The quantitative estimate of drug-likeness (QED) is 0.597. The average molecular weight is 320 g/mol. The van der Waals surface area contributed by atoms with Crippen molar-refractivity contribution >= 4 is 29.5 Å². The molecule has 22 heavy (non-hydrogen) atoms. The molecule has 0 radical (unpaired) electrons. The molecule has 0 atom stereocenters. The van der Waals surface area contributed by atoms with Gasteiger partial charge in [0.1, 0.15) is 5.75 Å². The summed E-state index contributed by atoms with van der Waals surface area (Å²) in [6, 6.07) is 6.18. The fourth-order valence-corrected chi connectivity index (χ4v) is 2.41. The first kappa shape index (κ1) is 14.1. The third kappa shape index (κ3) is 2.51. The molecule has 1 aromatic heterocycles. The molecule has 2 aromatic rings. The van der Waals surface area contributed by atoms with E-state index in [1.807, 2.05) is 0 Å². The minimum atomic E-state index is -0.816. The maximum absolute atomic E-state index is 12.0. The molecule has 1 aliphatic heterocycles. The first-order chi connectivity index (χ1) is 10.6. The molecule has 0 aliphatic carbocycles. The number of imide groups is 1. The van der Waals surface area contributed by atoms with Gasteiger partial charge in [0, 0.05) is 0 Å². The molecule has 0 unspecified atom stereocenters. The highest BCUT2D eigenvalue weighted by Crippen LogP contribution is 2.23. The molecule has 1 aliphatic rings. The van der Waals surface area contributed by atoms with Crippen LogP contribution in [-0.2, 0) is 9.63 Å². The molecule has 0 spiro atoms. The second-order valence-electron chi connectivity index (χ2n) is 4.19. The number of amides is 2. The van der Waals surface area contributed by atoms with Crippen LogP contribution in [0.2, 0.25) is 0 Å². The molecule has 112 valence electrons. The van der Waals surface area contributed by atoms with E-state index in [0.29, 0.717) is 5.06 Å². The largest absolute Gasteiger partial charge is 0.343 e. The smallest absolute Gasteiger partial charge is 0.329 e. The van der Waals surface area contributed by atoms with E-state index in [1.165, 1.54) is 12.1 Å². The Kier molecular flexibility index (Phi) is 3.51. The summed E-state index contributed by atoms with van der Waals surface area (Å²) in [6.07, 6.45) is 0. The zero-order valence-corrected chi connectivity index (χ0v) is 11.7. The molecular weight excluding hydrogens is 312 g/mol. The summed E-state index contributed by atoms with van der Waals surface area (Å²) in [5, 5.41) is 6.37. The topological polar surface area (TPSA) is 125 Å². The van der Waals surface area contributed by atoms with Gasteiger partial charge < -0.3 is 4.84 Å². The van der Waals surface area contributed by atoms with Gasteiger partial charge in [-0.2, -0.15) is 0 Å². The SMILES string of the molecule is O=C(CSc1n[nH]c(=O)[nH]1)ON1C(=O)c2ccccc2C1=O. The van der Waals surface area contributed by atoms with Crippen LogP contribution in [0.3, 0.4) is 0 Å². The summed E-state index contributed by atoms with van der Waals surface area (Å²) in [4.78, 5) is 53.6. The number of carbonyl (C=O) groups excluding carboxylic acids is 3. The number of hydroxylamine groups is 2. The lowest BCUT2D eigenvalue weighted by Gasteiger charge is -2.11. The minimum Gasteiger partial charge on any atom is -0.329 e. The van der Waals surface area contributed by atoms with E-state index in [1.54, 1.807) is 12.1 Å². The third-order valence-corrected chi connectivity index (χ3v) is 3.60. The predicted molar refractivity (Wildman–Crippen MR) is 73.0 cm³/mol. The van der Waals surface area contributed by atoms with Crippen molar-refractivity contribution in [1.82, 2.24) is 20.2 Å². The molecule has 0 bridgehead atoms. The van der Waals surface area contributed by atoms with E-state index in [0.717, 1.165) is 11.8 Å². The van der Waals surface area contributed by atoms with Gasteiger partial charge in [0.25, 0.3) is 11.8 Å². The number of nitrogens with one attached hydrogen (secondary N) is 2. The molecule has 2 N–H and O–H groups in total. The van der Waals surface area contributed by atoms with Crippen LogP contribution in [0, 0.1) is 0 Å². The number of aromatic amines is 2. The van der Waals surface area contributed by atoms with Gasteiger partial charge in [-0.3, -0.25) is 14.6 Å². The molecule has 0 fully saturated rings. The van der Waals surface area contributed by atoms with Gasteiger partial charge in [-0.05, 0) is 12.1 Å². The van der Waals surface area contributed by atoms with E-state index in [4.69, 9.17) is 4.84 Å². The lowest BCUT2D eigenvalue weighted by Crippen LogP contribution is -2.33. The Hall–Kier alpha value is -2.88. The van der Waals surface area contributed by atoms with Gasteiger partial charge in [0.2, 0.25) is 0 Å². The Labute approximate surface area is 126 Å². The predicted octanol–water partition coefficient (Wildman–Crippen LogP) is -0.0555. The van der Waals surface area contributed by atoms with Crippen LogP contribution in [0.15, 0.2) is 34.2 Å². The van der Waals surface area contributed by atoms with Crippen LogP contribution in [0.1, 0.15) is 20.7 Å².